The van der Waals surface area contributed by atoms with Crippen LogP contribution in [-0.4, -0.2) is 4.98 Å². The van der Waals surface area contributed by atoms with E-state index in [0.717, 1.165) is 34.5 Å². The summed E-state index contributed by atoms with van der Waals surface area (Å²) in [6.07, 6.45) is 0.922. The first-order chi connectivity index (χ1) is 15.6. The van der Waals surface area contributed by atoms with Gasteiger partial charge in [0, 0.05) is 22.8 Å². The lowest BCUT2D eigenvalue weighted by atomic mass is 9.82. The van der Waals surface area contributed by atoms with Gasteiger partial charge >= 0.3 is 0 Å². The molecule has 0 unspecified atom stereocenters. The molecule has 5 rings (SSSR count). The highest BCUT2D eigenvalue weighted by atomic mass is 16.3. The molecule has 0 amide bonds. The van der Waals surface area contributed by atoms with Gasteiger partial charge in [0.2, 0.25) is 0 Å². The van der Waals surface area contributed by atoms with E-state index >= 15 is 0 Å². The van der Waals surface area contributed by atoms with Crippen LogP contribution in [0.2, 0.25) is 0 Å². The number of aromatic nitrogens is 1. The van der Waals surface area contributed by atoms with Crippen LogP contribution in [-0.2, 0) is 11.8 Å². The van der Waals surface area contributed by atoms with Gasteiger partial charge in [0.1, 0.15) is 11.5 Å². The smallest absolute Gasteiger partial charge is 0.161 e. The third-order valence-corrected chi connectivity index (χ3v) is 6.51. The minimum Gasteiger partial charge on any atom is -0.459 e. The van der Waals surface area contributed by atoms with E-state index in [-0.39, 0.29) is 5.41 Å². The summed E-state index contributed by atoms with van der Waals surface area (Å²) in [5.41, 5.74) is 7.84. The number of hydrogen-bond acceptors (Lipinski definition) is 2. The van der Waals surface area contributed by atoms with Crippen LogP contribution in [0.5, 0.6) is 0 Å². The maximum atomic E-state index is 6.53. The summed E-state index contributed by atoms with van der Waals surface area (Å²) >= 11 is 0. The quantitative estimate of drug-likeness (QED) is 0.283. The Hall–Kier alpha value is -3.13. The maximum Gasteiger partial charge on any atom is 0.161 e. The Morgan fingerprint density at radius 1 is 0.909 bits per heavy atom. The van der Waals surface area contributed by atoms with Crippen molar-refractivity contribution in [1.29, 1.82) is 0 Å². The van der Waals surface area contributed by atoms with E-state index < -0.39 is 0 Å². The highest BCUT2D eigenvalue weighted by Gasteiger charge is 2.22. The molecule has 0 spiro atoms. The van der Waals surface area contributed by atoms with E-state index in [1.54, 1.807) is 0 Å². The Labute approximate surface area is 196 Å². The van der Waals surface area contributed by atoms with E-state index in [4.69, 9.17) is 9.40 Å². The van der Waals surface area contributed by atoms with Gasteiger partial charge in [-0.15, -0.1) is 0 Å². The largest absolute Gasteiger partial charge is 0.459 e. The Bertz CT molecular complexity index is 1510. The molecule has 33 heavy (non-hydrogen) atoms. The second-order valence-electron chi connectivity index (χ2n) is 11.0. The van der Waals surface area contributed by atoms with Gasteiger partial charge in [0.05, 0.1) is 5.52 Å². The molecule has 0 bridgehead atoms. The first kappa shape index (κ1) is 21.7. The van der Waals surface area contributed by atoms with Crippen LogP contribution in [0.3, 0.4) is 0 Å². The molecule has 0 aliphatic heterocycles. The fraction of sp³-hybridized carbons (Fsp3) is 0.323. The first-order valence-electron chi connectivity index (χ1n) is 12.0. The number of rotatable bonds is 3. The van der Waals surface area contributed by atoms with E-state index in [1.165, 1.54) is 38.2 Å². The topological polar surface area (TPSA) is 26.0 Å². The normalized spacial score (nSPS) is 12.5. The molecule has 2 nitrogen and oxygen atoms in total. The Morgan fingerprint density at radius 2 is 1.67 bits per heavy atom. The number of pyridine rings is 1. The molecule has 0 aliphatic carbocycles. The standard InChI is InChI=1S/C31H33NO/c1-18(2)12-23-17-25-28-20(4)13-19(3)14-27(28)32-29(30(25)33-23)22-15-21-10-8-9-11-24(21)26(16-22)31(5,6)7/h8-11,13-18H,12H2,1-7H3. The molecule has 0 radical (unpaired) electrons. The van der Waals surface area contributed by atoms with Crippen LogP contribution in [0.4, 0.5) is 0 Å². The Morgan fingerprint density at radius 3 is 2.39 bits per heavy atom. The number of fused-ring (bicyclic) bond motifs is 4. The van der Waals surface area contributed by atoms with Gasteiger partial charge in [-0.05, 0) is 76.9 Å². The lowest BCUT2D eigenvalue weighted by Crippen LogP contribution is -2.12. The molecule has 0 atom stereocenters. The second-order valence-corrected chi connectivity index (χ2v) is 11.0. The molecule has 0 N–H and O–H groups in total. The van der Waals surface area contributed by atoms with Crippen molar-refractivity contribution in [3.8, 4) is 11.3 Å². The van der Waals surface area contributed by atoms with Crippen molar-refractivity contribution in [2.45, 2.75) is 60.3 Å². The van der Waals surface area contributed by atoms with Crippen molar-refractivity contribution < 1.29 is 4.42 Å². The minimum absolute atomic E-state index is 0.0186. The second kappa shape index (κ2) is 7.73. The van der Waals surface area contributed by atoms with Crippen molar-refractivity contribution in [3.63, 3.8) is 0 Å². The van der Waals surface area contributed by atoms with Crippen LogP contribution >= 0.6 is 0 Å². The lowest BCUT2D eigenvalue weighted by molar-refractivity contribution is 0.500. The monoisotopic (exact) mass is 435 g/mol. The molecular weight excluding hydrogens is 402 g/mol. The van der Waals surface area contributed by atoms with Crippen LogP contribution in [0.15, 0.2) is 59.0 Å². The zero-order valence-electron chi connectivity index (χ0n) is 20.8. The number of hydrogen-bond donors (Lipinski definition) is 0. The predicted molar refractivity (Wildman–Crippen MR) is 141 cm³/mol. The summed E-state index contributed by atoms with van der Waals surface area (Å²) in [5, 5.41) is 4.92. The summed E-state index contributed by atoms with van der Waals surface area (Å²) in [6, 6.07) is 19.9. The van der Waals surface area contributed by atoms with Crippen LogP contribution in [0, 0.1) is 19.8 Å². The van der Waals surface area contributed by atoms with E-state index in [9.17, 15) is 0 Å². The van der Waals surface area contributed by atoms with Crippen molar-refractivity contribution >= 4 is 32.6 Å². The van der Waals surface area contributed by atoms with Crippen molar-refractivity contribution in [3.05, 3.63) is 77.0 Å². The zero-order chi connectivity index (χ0) is 23.5. The molecule has 5 aromatic rings. The number of furan rings is 1. The summed E-state index contributed by atoms with van der Waals surface area (Å²) in [5.74, 6) is 1.57. The van der Waals surface area contributed by atoms with E-state index in [2.05, 4.69) is 103 Å². The number of benzene rings is 3. The molecule has 0 saturated heterocycles. The lowest BCUT2D eigenvalue weighted by Gasteiger charge is -2.23. The van der Waals surface area contributed by atoms with Crippen LogP contribution < -0.4 is 0 Å². The maximum absolute atomic E-state index is 6.53. The van der Waals surface area contributed by atoms with Gasteiger partial charge in [0.25, 0.3) is 0 Å². The van der Waals surface area contributed by atoms with Crippen LogP contribution in [0.25, 0.3) is 43.9 Å². The van der Waals surface area contributed by atoms with Gasteiger partial charge in [-0.25, -0.2) is 4.98 Å². The molecule has 3 aromatic carbocycles. The number of aryl methyl sites for hydroxylation is 2. The summed E-state index contributed by atoms with van der Waals surface area (Å²) < 4.78 is 6.53. The first-order valence-corrected chi connectivity index (χ1v) is 12.0. The van der Waals surface area contributed by atoms with Gasteiger partial charge in [-0.1, -0.05) is 65.0 Å². The predicted octanol–water partition coefficient (Wildman–Crippen LogP) is 8.91. The van der Waals surface area contributed by atoms with E-state index in [0.29, 0.717) is 5.92 Å². The summed E-state index contributed by atoms with van der Waals surface area (Å²) in [4.78, 5) is 5.22. The summed E-state index contributed by atoms with van der Waals surface area (Å²) in [7, 11) is 0. The third kappa shape index (κ3) is 3.82. The Kier molecular flexibility index (Phi) is 5.08. The Balaban J connectivity index is 1.89. The molecule has 2 heteroatoms. The molecular formula is C31H33NO. The molecule has 2 aromatic heterocycles. The highest BCUT2D eigenvalue weighted by Crippen LogP contribution is 2.40. The van der Waals surface area contributed by atoms with Crippen molar-refractivity contribution in [1.82, 2.24) is 4.98 Å². The van der Waals surface area contributed by atoms with Gasteiger partial charge in [-0.3, -0.25) is 0 Å². The molecule has 168 valence electrons. The molecule has 0 saturated carbocycles. The average Bonchev–Trinajstić information content (AvgIpc) is 3.13. The van der Waals surface area contributed by atoms with Crippen molar-refractivity contribution in [2.75, 3.05) is 0 Å². The third-order valence-electron chi connectivity index (χ3n) is 6.51. The average molecular weight is 436 g/mol. The van der Waals surface area contributed by atoms with Crippen molar-refractivity contribution in [2.24, 2.45) is 5.92 Å². The van der Waals surface area contributed by atoms with Crippen LogP contribution in [0.1, 0.15) is 57.1 Å². The molecule has 0 aliphatic rings. The molecule has 0 fully saturated rings. The van der Waals surface area contributed by atoms with Gasteiger partial charge in [0.15, 0.2) is 5.58 Å². The van der Waals surface area contributed by atoms with E-state index in [1.807, 2.05) is 0 Å². The SMILES string of the molecule is Cc1cc(C)c2c(c1)nc(-c1cc(C(C)(C)C)c3ccccc3c1)c1oc(CC(C)C)cc12. The fourth-order valence-corrected chi connectivity index (χ4v) is 5.13. The summed E-state index contributed by atoms with van der Waals surface area (Å²) in [6.45, 7) is 15.6. The van der Waals surface area contributed by atoms with Gasteiger partial charge in [-0.2, -0.15) is 0 Å². The zero-order valence-corrected chi connectivity index (χ0v) is 20.8. The highest BCUT2D eigenvalue weighted by molar-refractivity contribution is 6.11. The molecule has 2 heterocycles. The fourth-order valence-electron chi connectivity index (χ4n) is 5.13. The minimum atomic E-state index is 0.0186. The number of nitrogens with zero attached hydrogens (tertiary/aromatic N) is 1. The van der Waals surface area contributed by atoms with Gasteiger partial charge < -0.3 is 4.42 Å².